The lowest BCUT2D eigenvalue weighted by Crippen LogP contribution is -2.51. The first-order chi connectivity index (χ1) is 10.4. The Morgan fingerprint density at radius 2 is 1.95 bits per heavy atom. The zero-order valence-corrected chi connectivity index (χ0v) is 12.3. The van der Waals surface area contributed by atoms with Gasteiger partial charge in [-0.1, -0.05) is 0 Å². The number of Topliss-reactive ketones (excluding diaryl/α,β-unsaturated/α-hetero) is 1. The summed E-state index contributed by atoms with van der Waals surface area (Å²) in [5.74, 6) is -0.688. The van der Waals surface area contributed by atoms with Gasteiger partial charge in [-0.05, 0) is 18.2 Å². The SMILES string of the molecule is CC(=O)N1CCC2(CC1)CC(=O)c1cc(C(=O)O)ccc1O2. The molecule has 0 atom stereocenters. The Balaban J connectivity index is 1.85. The third-order valence-electron chi connectivity index (χ3n) is 4.46. The molecule has 6 nitrogen and oxygen atoms in total. The number of amides is 1. The minimum Gasteiger partial charge on any atom is -0.486 e. The second kappa shape index (κ2) is 5.12. The molecule has 6 heteroatoms. The van der Waals surface area contributed by atoms with Gasteiger partial charge in [0.05, 0.1) is 17.5 Å². The highest BCUT2D eigenvalue weighted by Crippen LogP contribution is 2.39. The van der Waals surface area contributed by atoms with E-state index in [2.05, 4.69) is 0 Å². The second-order valence-corrected chi connectivity index (χ2v) is 5.91. The van der Waals surface area contributed by atoms with Crippen molar-refractivity contribution in [3.05, 3.63) is 29.3 Å². The fourth-order valence-corrected chi connectivity index (χ4v) is 3.14. The Hall–Kier alpha value is -2.37. The summed E-state index contributed by atoms with van der Waals surface area (Å²) in [4.78, 5) is 36.5. The lowest BCUT2D eigenvalue weighted by Gasteiger charge is -2.43. The molecule has 22 heavy (non-hydrogen) atoms. The second-order valence-electron chi connectivity index (χ2n) is 5.91. The Morgan fingerprint density at radius 3 is 2.55 bits per heavy atom. The number of carbonyl (C=O) groups is 3. The van der Waals surface area contributed by atoms with E-state index in [0.717, 1.165) is 0 Å². The van der Waals surface area contributed by atoms with Crippen molar-refractivity contribution in [1.82, 2.24) is 4.90 Å². The largest absolute Gasteiger partial charge is 0.486 e. The Morgan fingerprint density at radius 1 is 1.27 bits per heavy atom. The molecule has 1 amide bonds. The predicted octanol–water partition coefficient (Wildman–Crippen LogP) is 1.73. The lowest BCUT2D eigenvalue weighted by atomic mass is 9.82. The quantitative estimate of drug-likeness (QED) is 0.854. The van der Waals surface area contributed by atoms with Crippen LogP contribution >= 0.6 is 0 Å². The molecule has 1 spiro atoms. The van der Waals surface area contributed by atoms with Crippen molar-refractivity contribution in [2.75, 3.05) is 13.1 Å². The van der Waals surface area contributed by atoms with Crippen molar-refractivity contribution in [1.29, 1.82) is 0 Å². The first kappa shape index (κ1) is 14.6. The van der Waals surface area contributed by atoms with Crippen molar-refractivity contribution < 1.29 is 24.2 Å². The average molecular weight is 303 g/mol. The fourth-order valence-electron chi connectivity index (χ4n) is 3.14. The molecule has 2 aliphatic heterocycles. The van der Waals surface area contributed by atoms with Crippen LogP contribution in [0, 0.1) is 0 Å². The monoisotopic (exact) mass is 303 g/mol. The smallest absolute Gasteiger partial charge is 0.335 e. The van der Waals surface area contributed by atoms with E-state index in [4.69, 9.17) is 9.84 Å². The highest BCUT2D eigenvalue weighted by molar-refractivity contribution is 6.02. The zero-order valence-electron chi connectivity index (χ0n) is 12.3. The summed E-state index contributed by atoms with van der Waals surface area (Å²) in [5, 5.41) is 9.01. The molecule has 116 valence electrons. The first-order valence-corrected chi connectivity index (χ1v) is 7.25. The molecule has 0 aliphatic carbocycles. The minimum atomic E-state index is -1.06. The number of hydrogen-bond donors (Lipinski definition) is 1. The number of piperidine rings is 1. The third-order valence-corrected chi connectivity index (χ3v) is 4.46. The van der Waals surface area contributed by atoms with Crippen LogP contribution in [0.4, 0.5) is 0 Å². The van der Waals surface area contributed by atoms with Gasteiger partial charge >= 0.3 is 5.97 Å². The molecule has 1 saturated heterocycles. The van der Waals surface area contributed by atoms with Gasteiger partial charge in [0.2, 0.25) is 5.91 Å². The molecule has 0 aromatic heterocycles. The highest BCUT2D eigenvalue weighted by Gasteiger charge is 2.43. The minimum absolute atomic E-state index is 0.0310. The number of rotatable bonds is 1. The Kier molecular flexibility index (Phi) is 3.39. The number of carbonyl (C=O) groups excluding carboxylic acids is 2. The number of ketones is 1. The maximum Gasteiger partial charge on any atom is 0.335 e. The number of benzene rings is 1. The Bertz CT molecular complexity index is 659. The van der Waals surface area contributed by atoms with Crippen molar-refractivity contribution >= 4 is 17.7 Å². The van der Waals surface area contributed by atoms with E-state index in [1.54, 1.807) is 11.0 Å². The summed E-state index contributed by atoms with van der Waals surface area (Å²) in [5.41, 5.74) is -0.154. The summed E-state index contributed by atoms with van der Waals surface area (Å²) < 4.78 is 6.04. The average Bonchev–Trinajstić information content (AvgIpc) is 2.47. The van der Waals surface area contributed by atoms with Gasteiger partial charge in [-0.3, -0.25) is 9.59 Å². The van der Waals surface area contributed by atoms with Gasteiger partial charge in [0, 0.05) is 32.9 Å². The summed E-state index contributed by atoms with van der Waals surface area (Å²) in [6.45, 7) is 2.68. The summed E-state index contributed by atoms with van der Waals surface area (Å²) in [7, 11) is 0. The maximum absolute atomic E-state index is 12.4. The van der Waals surface area contributed by atoms with Crippen LogP contribution in [0.15, 0.2) is 18.2 Å². The Labute approximate surface area is 127 Å². The molecule has 0 radical (unpaired) electrons. The van der Waals surface area contributed by atoms with E-state index in [1.807, 2.05) is 0 Å². The first-order valence-electron chi connectivity index (χ1n) is 7.25. The van der Waals surface area contributed by atoms with Crippen LogP contribution in [-0.2, 0) is 4.79 Å². The standard InChI is InChI=1S/C16H17NO5/c1-10(18)17-6-4-16(5-7-17)9-13(19)12-8-11(15(20)21)2-3-14(12)22-16/h2-3,8H,4-7,9H2,1H3,(H,20,21). The van der Waals surface area contributed by atoms with E-state index in [9.17, 15) is 14.4 Å². The molecule has 1 N–H and O–H groups in total. The summed E-state index contributed by atoms with van der Waals surface area (Å²) in [6, 6.07) is 4.37. The molecule has 1 fully saturated rings. The van der Waals surface area contributed by atoms with E-state index < -0.39 is 11.6 Å². The van der Waals surface area contributed by atoms with E-state index in [-0.39, 0.29) is 23.7 Å². The lowest BCUT2D eigenvalue weighted by molar-refractivity contribution is -0.132. The van der Waals surface area contributed by atoms with E-state index in [1.165, 1.54) is 19.1 Å². The van der Waals surface area contributed by atoms with Gasteiger partial charge in [-0.15, -0.1) is 0 Å². The van der Waals surface area contributed by atoms with Crippen LogP contribution in [0.2, 0.25) is 0 Å². The summed E-state index contributed by atoms with van der Waals surface area (Å²) >= 11 is 0. The molecule has 3 rings (SSSR count). The van der Waals surface area contributed by atoms with Crippen LogP contribution in [0.3, 0.4) is 0 Å². The van der Waals surface area contributed by atoms with E-state index >= 15 is 0 Å². The molecule has 0 bridgehead atoms. The van der Waals surface area contributed by atoms with Crippen LogP contribution in [-0.4, -0.2) is 46.4 Å². The molecule has 0 unspecified atom stereocenters. The highest BCUT2D eigenvalue weighted by atomic mass is 16.5. The number of carboxylic acids is 1. The molecule has 0 saturated carbocycles. The maximum atomic E-state index is 12.4. The van der Waals surface area contributed by atoms with Crippen molar-refractivity contribution in [3.63, 3.8) is 0 Å². The third kappa shape index (κ3) is 2.45. The normalized spacial score (nSPS) is 19.5. The molecule has 1 aromatic carbocycles. The molecular weight excluding hydrogens is 286 g/mol. The number of fused-ring (bicyclic) bond motifs is 1. The van der Waals surface area contributed by atoms with Crippen LogP contribution in [0.25, 0.3) is 0 Å². The number of nitrogens with zero attached hydrogens (tertiary/aromatic N) is 1. The van der Waals surface area contributed by atoms with Gasteiger partial charge in [-0.2, -0.15) is 0 Å². The number of likely N-dealkylation sites (tertiary alicyclic amines) is 1. The molecular formula is C16H17NO5. The fraction of sp³-hybridized carbons (Fsp3) is 0.438. The number of carboxylic acid groups (broad SMARTS) is 1. The van der Waals surface area contributed by atoms with Crippen LogP contribution < -0.4 is 4.74 Å². The number of hydrogen-bond acceptors (Lipinski definition) is 4. The van der Waals surface area contributed by atoms with Crippen LogP contribution in [0.5, 0.6) is 5.75 Å². The van der Waals surface area contributed by atoms with Gasteiger partial charge in [0.25, 0.3) is 0 Å². The van der Waals surface area contributed by atoms with E-state index in [0.29, 0.717) is 37.2 Å². The number of aromatic carboxylic acids is 1. The number of ether oxygens (including phenoxy) is 1. The van der Waals surface area contributed by atoms with Gasteiger partial charge in [-0.25, -0.2) is 4.79 Å². The molecule has 1 aromatic rings. The van der Waals surface area contributed by atoms with Gasteiger partial charge < -0.3 is 14.7 Å². The van der Waals surface area contributed by atoms with Crippen molar-refractivity contribution in [2.45, 2.75) is 31.8 Å². The van der Waals surface area contributed by atoms with Crippen molar-refractivity contribution in [2.24, 2.45) is 0 Å². The summed E-state index contributed by atoms with van der Waals surface area (Å²) in [6.07, 6.45) is 1.45. The molecule has 2 aliphatic rings. The van der Waals surface area contributed by atoms with Crippen LogP contribution in [0.1, 0.15) is 46.9 Å². The zero-order chi connectivity index (χ0) is 15.9. The topological polar surface area (TPSA) is 83.9 Å². The van der Waals surface area contributed by atoms with Gasteiger partial charge in [0.15, 0.2) is 5.78 Å². The predicted molar refractivity (Wildman–Crippen MR) is 77.2 cm³/mol. The van der Waals surface area contributed by atoms with Crippen molar-refractivity contribution in [3.8, 4) is 5.75 Å². The van der Waals surface area contributed by atoms with Gasteiger partial charge in [0.1, 0.15) is 11.4 Å². The molecule has 2 heterocycles.